The first-order valence-electron chi connectivity index (χ1n) is 9.80. The topological polar surface area (TPSA) is 93.5 Å². The number of morpholine rings is 1. The third-order valence-electron chi connectivity index (χ3n) is 4.78. The first kappa shape index (κ1) is 21.0. The first-order valence-corrected chi connectivity index (χ1v) is 11.2. The van der Waals surface area contributed by atoms with Gasteiger partial charge in [-0.2, -0.15) is 9.40 Å². The highest BCUT2D eigenvalue weighted by atomic mass is 32.2. The van der Waals surface area contributed by atoms with E-state index in [0.717, 1.165) is 5.69 Å². The van der Waals surface area contributed by atoms with Crippen molar-refractivity contribution in [2.24, 2.45) is 0 Å². The lowest BCUT2D eigenvalue weighted by Crippen LogP contribution is -2.40. The molecule has 0 saturated carbocycles. The molecule has 0 aliphatic carbocycles. The Kier molecular flexibility index (Phi) is 6.26. The molecule has 8 nitrogen and oxygen atoms in total. The second-order valence-electron chi connectivity index (χ2n) is 6.89. The van der Waals surface area contributed by atoms with Crippen molar-refractivity contribution in [1.29, 1.82) is 0 Å². The van der Waals surface area contributed by atoms with Crippen molar-refractivity contribution in [2.45, 2.75) is 4.90 Å². The summed E-state index contributed by atoms with van der Waals surface area (Å²) in [6.45, 7) is 1.51. The van der Waals surface area contributed by atoms with Crippen molar-refractivity contribution < 1.29 is 17.9 Å². The van der Waals surface area contributed by atoms with Gasteiger partial charge in [-0.05, 0) is 35.9 Å². The fourth-order valence-electron chi connectivity index (χ4n) is 3.14. The molecule has 0 spiro atoms. The lowest BCUT2D eigenvalue weighted by atomic mass is 10.2. The van der Waals surface area contributed by atoms with Gasteiger partial charge in [0.1, 0.15) is 0 Å². The fourth-order valence-corrected chi connectivity index (χ4v) is 4.55. The largest absolute Gasteiger partial charge is 0.379 e. The molecule has 1 aliphatic heterocycles. The van der Waals surface area contributed by atoms with Crippen molar-refractivity contribution >= 4 is 27.8 Å². The Labute approximate surface area is 180 Å². The molecule has 1 aromatic heterocycles. The molecule has 0 unspecified atom stereocenters. The summed E-state index contributed by atoms with van der Waals surface area (Å²) < 4.78 is 33.6. The van der Waals surface area contributed by atoms with Crippen molar-refractivity contribution in [2.75, 3.05) is 31.6 Å². The van der Waals surface area contributed by atoms with E-state index < -0.39 is 10.0 Å². The molecule has 2 aromatic carbocycles. The summed E-state index contributed by atoms with van der Waals surface area (Å²) in [4.78, 5) is 12.4. The number of carbonyl (C=O) groups is 1. The highest BCUT2D eigenvalue weighted by Crippen LogP contribution is 2.18. The zero-order valence-corrected chi connectivity index (χ0v) is 17.5. The second-order valence-corrected chi connectivity index (χ2v) is 8.83. The summed E-state index contributed by atoms with van der Waals surface area (Å²) in [5.41, 5.74) is 1.61. The lowest BCUT2D eigenvalue weighted by molar-refractivity contribution is -0.111. The van der Waals surface area contributed by atoms with Crippen LogP contribution >= 0.6 is 0 Å². The number of hydrogen-bond donors (Lipinski definition) is 1. The number of benzene rings is 2. The molecule has 0 radical (unpaired) electrons. The highest BCUT2D eigenvalue weighted by Gasteiger charge is 2.25. The monoisotopic (exact) mass is 438 g/mol. The van der Waals surface area contributed by atoms with Crippen LogP contribution < -0.4 is 5.32 Å². The quantitative estimate of drug-likeness (QED) is 0.597. The molecule has 9 heteroatoms. The number of nitrogens with one attached hydrogen (secondary N) is 1. The van der Waals surface area contributed by atoms with Gasteiger partial charge in [-0.1, -0.05) is 30.3 Å². The van der Waals surface area contributed by atoms with Gasteiger partial charge in [-0.3, -0.25) is 4.79 Å². The minimum Gasteiger partial charge on any atom is -0.379 e. The molecular weight excluding hydrogens is 416 g/mol. The van der Waals surface area contributed by atoms with Gasteiger partial charge in [0, 0.05) is 31.4 Å². The standard InChI is InChI=1S/C22H22N4O4S/c27-22(23-21-12-13-26(24-21)19-4-2-1-3-5-19)11-8-18-6-9-20(10-7-18)31(28,29)25-14-16-30-17-15-25/h1-13H,14-17H2,(H,23,24,27)/b11-8+. The predicted octanol–water partition coefficient (Wildman–Crippen LogP) is 2.55. The average molecular weight is 439 g/mol. The molecule has 0 atom stereocenters. The van der Waals surface area contributed by atoms with E-state index in [0.29, 0.717) is 37.7 Å². The van der Waals surface area contributed by atoms with Crippen molar-refractivity contribution in [3.8, 4) is 5.69 Å². The number of rotatable bonds is 6. The third-order valence-corrected chi connectivity index (χ3v) is 6.69. The Morgan fingerprint density at radius 3 is 2.42 bits per heavy atom. The van der Waals surface area contributed by atoms with Crippen molar-refractivity contribution in [3.05, 3.63) is 78.5 Å². The molecule has 4 rings (SSSR count). The molecule has 1 fully saturated rings. The van der Waals surface area contributed by atoms with Crippen LogP contribution in [0.25, 0.3) is 11.8 Å². The van der Waals surface area contributed by atoms with Gasteiger partial charge < -0.3 is 10.1 Å². The molecule has 3 aromatic rings. The third kappa shape index (κ3) is 5.08. The Morgan fingerprint density at radius 1 is 1.00 bits per heavy atom. The van der Waals surface area contributed by atoms with Crippen LogP contribution in [0.1, 0.15) is 5.56 Å². The number of aromatic nitrogens is 2. The molecule has 160 valence electrons. The van der Waals surface area contributed by atoms with Crippen molar-refractivity contribution in [1.82, 2.24) is 14.1 Å². The SMILES string of the molecule is O=C(/C=C/c1ccc(S(=O)(=O)N2CCOCC2)cc1)Nc1ccn(-c2ccccc2)n1. The summed E-state index contributed by atoms with van der Waals surface area (Å²) in [6.07, 6.45) is 4.77. The molecule has 1 amide bonds. The summed E-state index contributed by atoms with van der Waals surface area (Å²) in [6, 6.07) is 17.7. The van der Waals surface area contributed by atoms with Gasteiger partial charge in [0.2, 0.25) is 15.9 Å². The lowest BCUT2D eigenvalue weighted by Gasteiger charge is -2.26. The number of amides is 1. The van der Waals surface area contributed by atoms with E-state index in [9.17, 15) is 13.2 Å². The number of nitrogens with zero attached hydrogens (tertiary/aromatic N) is 3. The molecule has 1 aliphatic rings. The number of para-hydroxylation sites is 1. The Balaban J connectivity index is 1.37. The first-order chi connectivity index (χ1) is 15.0. The summed E-state index contributed by atoms with van der Waals surface area (Å²) in [5, 5.41) is 7.04. The van der Waals surface area contributed by atoms with E-state index in [1.807, 2.05) is 30.3 Å². The number of ether oxygens (including phenoxy) is 1. The Hall–Kier alpha value is -3.27. The maximum atomic E-state index is 12.7. The zero-order valence-electron chi connectivity index (χ0n) is 16.7. The second kappa shape index (κ2) is 9.25. The van der Waals surface area contributed by atoms with Crippen LogP contribution in [0.5, 0.6) is 0 Å². The maximum Gasteiger partial charge on any atom is 0.249 e. The minimum absolute atomic E-state index is 0.224. The van der Waals surface area contributed by atoms with Crippen LogP contribution in [-0.2, 0) is 19.6 Å². The predicted molar refractivity (Wildman–Crippen MR) is 117 cm³/mol. The molecular formula is C22H22N4O4S. The number of anilines is 1. The zero-order chi connectivity index (χ0) is 21.7. The van der Waals surface area contributed by atoms with E-state index in [1.54, 1.807) is 47.3 Å². The number of hydrogen-bond acceptors (Lipinski definition) is 5. The van der Waals surface area contributed by atoms with E-state index in [1.165, 1.54) is 10.4 Å². The Morgan fingerprint density at radius 2 is 1.71 bits per heavy atom. The van der Waals surface area contributed by atoms with Gasteiger partial charge in [0.15, 0.2) is 5.82 Å². The average Bonchev–Trinajstić information content (AvgIpc) is 3.27. The highest BCUT2D eigenvalue weighted by molar-refractivity contribution is 7.89. The van der Waals surface area contributed by atoms with Crippen LogP contribution in [0.2, 0.25) is 0 Å². The summed E-state index contributed by atoms with van der Waals surface area (Å²) in [5.74, 6) is 0.105. The van der Waals surface area contributed by atoms with Gasteiger partial charge >= 0.3 is 0 Å². The van der Waals surface area contributed by atoms with Crippen LogP contribution in [-0.4, -0.2) is 54.7 Å². The maximum absolute atomic E-state index is 12.7. The van der Waals surface area contributed by atoms with Crippen LogP contribution in [0.15, 0.2) is 77.8 Å². The van der Waals surface area contributed by atoms with Crippen LogP contribution in [0.4, 0.5) is 5.82 Å². The van der Waals surface area contributed by atoms with Crippen LogP contribution in [0, 0.1) is 0 Å². The van der Waals surface area contributed by atoms with Gasteiger partial charge in [-0.15, -0.1) is 0 Å². The number of sulfonamides is 1. The van der Waals surface area contributed by atoms with E-state index in [2.05, 4.69) is 10.4 Å². The summed E-state index contributed by atoms with van der Waals surface area (Å²) in [7, 11) is -3.53. The van der Waals surface area contributed by atoms with Crippen molar-refractivity contribution in [3.63, 3.8) is 0 Å². The molecule has 1 saturated heterocycles. The molecule has 31 heavy (non-hydrogen) atoms. The fraction of sp³-hybridized carbons (Fsp3) is 0.182. The van der Waals surface area contributed by atoms with E-state index in [-0.39, 0.29) is 10.8 Å². The molecule has 0 bridgehead atoms. The van der Waals surface area contributed by atoms with Gasteiger partial charge in [0.05, 0.1) is 23.8 Å². The molecule has 1 N–H and O–H groups in total. The summed E-state index contributed by atoms with van der Waals surface area (Å²) >= 11 is 0. The van der Waals surface area contributed by atoms with Gasteiger partial charge in [0.25, 0.3) is 0 Å². The van der Waals surface area contributed by atoms with Gasteiger partial charge in [-0.25, -0.2) is 13.1 Å². The molecule has 2 heterocycles. The number of carbonyl (C=O) groups excluding carboxylic acids is 1. The minimum atomic E-state index is -3.53. The van der Waals surface area contributed by atoms with E-state index in [4.69, 9.17) is 4.74 Å². The normalized spacial score (nSPS) is 15.2. The Bertz CT molecular complexity index is 1170. The smallest absolute Gasteiger partial charge is 0.249 e. The van der Waals surface area contributed by atoms with Crippen LogP contribution in [0.3, 0.4) is 0 Å². The van der Waals surface area contributed by atoms with E-state index >= 15 is 0 Å².